The van der Waals surface area contributed by atoms with E-state index in [1.165, 1.54) is 17.0 Å². The molecule has 1 heterocycles. The van der Waals surface area contributed by atoms with E-state index in [2.05, 4.69) is 5.32 Å². The number of alkyl halides is 3. The third-order valence-electron chi connectivity index (χ3n) is 6.17. The molecule has 1 atom stereocenters. The maximum atomic E-state index is 13.3. The molecule has 1 aliphatic heterocycles. The van der Waals surface area contributed by atoms with E-state index in [4.69, 9.17) is 0 Å². The lowest BCUT2D eigenvalue weighted by Gasteiger charge is -2.27. The molecular weight excluding hydrogens is 492 g/mol. The zero-order valence-electron chi connectivity index (χ0n) is 19.8. The molecule has 3 aromatic carbocycles. The first-order chi connectivity index (χ1) is 17.4. The topological polar surface area (TPSA) is 86.7 Å². The van der Waals surface area contributed by atoms with Gasteiger partial charge in [0.2, 0.25) is 0 Å². The van der Waals surface area contributed by atoms with Crippen LogP contribution in [0, 0.1) is 11.7 Å². The summed E-state index contributed by atoms with van der Waals surface area (Å²) in [5, 5.41) is 11.9. The molecule has 0 fully saturated rings. The van der Waals surface area contributed by atoms with Crippen LogP contribution in [0.5, 0.6) is 0 Å². The van der Waals surface area contributed by atoms with Crippen LogP contribution in [0.4, 0.5) is 23.2 Å². The predicted molar refractivity (Wildman–Crippen MR) is 127 cm³/mol. The number of carboxylic acids is 1. The summed E-state index contributed by atoms with van der Waals surface area (Å²) in [5.74, 6) is -3.87. The molecule has 6 nitrogen and oxygen atoms in total. The van der Waals surface area contributed by atoms with Gasteiger partial charge < -0.3 is 15.3 Å². The number of carbonyl (C=O) groups is 3. The number of carbonyl (C=O) groups excluding carboxylic acids is 2. The van der Waals surface area contributed by atoms with Crippen LogP contribution >= 0.6 is 0 Å². The Morgan fingerprint density at radius 3 is 2.22 bits per heavy atom. The Kier molecular flexibility index (Phi) is 6.77. The Balaban J connectivity index is 1.54. The molecule has 2 N–H and O–H groups in total. The number of anilines is 1. The van der Waals surface area contributed by atoms with Crippen molar-refractivity contribution in [1.82, 2.24) is 4.90 Å². The van der Waals surface area contributed by atoms with Crippen molar-refractivity contribution in [3.05, 3.63) is 88.7 Å². The smallest absolute Gasteiger partial charge is 0.417 e. The molecule has 0 saturated carbocycles. The monoisotopic (exact) mass is 514 g/mol. The van der Waals surface area contributed by atoms with Gasteiger partial charge in [-0.2, -0.15) is 13.2 Å². The van der Waals surface area contributed by atoms with Crippen LogP contribution in [0.2, 0.25) is 0 Å². The summed E-state index contributed by atoms with van der Waals surface area (Å²) < 4.78 is 53.0. The van der Waals surface area contributed by atoms with Gasteiger partial charge >= 0.3 is 12.1 Å². The molecule has 37 heavy (non-hydrogen) atoms. The minimum Gasteiger partial charge on any atom is -0.480 e. The number of nitrogens with one attached hydrogen (secondary N) is 1. The average Bonchev–Trinajstić information content (AvgIpc) is 3.13. The van der Waals surface area contributed by atoms with Crippen molar-refractivity contribution in [3.8, 4) is 11.1 Å². The van der Waals surface area contributed by atoms with Crippen molar-refractivity contribution in [2.75, 3.05) is 5.32 Å². The Labute approximate surface area is 209 Å². The van der Waals surface area contributed by atoms with E-state index in [1.54, 1.807) is 44.2 Å². The van der Waals surface area contributed by atoms with Crippen LogP contribution in [-0.4, -0.2) is 33.8 Å². The van der Waals surface area contributed by atoms with Crippen molar-refractivity contribution < 1.29 is 37.1 Å². The molecule has 10 heteroatoms. The zero-order valence-corrected chi connectivity index (χ0v) is 19.8. The highest BCUT2D eigenvalue weighted by molar-refractivity contribution is 6.05. The molecule has 4 rings (SSSR count). The van der Waals surface area contributed by atoms with E-state index in [9.17, 15) is 37.1 Å². The average molecular weight is 514 g/mol. The number of rotatable bonds is 6. The van der Waals surface area contributed by atoms with Gasteiger partial charge in [0.15, 0.2) is 0 Å². The number of fused-ring (bicyclic) bond motifs is 1. The Bertz CT molecular complexity index is 1380. The third-order valence-corrected chi connectivity index (χ3v) is 6.17. The fraction of sp³-hybridized carbons (Fsp3) is 0.222. The minimum atomic E-state index is -4.90. The maximum Gasteiger partial charge on any atom is 0.417 e. The van der Waals surface area contributed by atoms with Gasteiger partial charge in [-0.3, -0.25) is 9.59 Å². The molecule has 0 aromatic heterocycles. The second-order valence-corrected chi connectivity index (χ2v) is 9.05. The van der Waals surface area contributed by atoms with Gasteiger partial charge in [0.25, 0.3) is 11.8 Å². The van der Waals surface area contributed by atoms with Crippen molar-refractivity contribution in [1.29, 1.82) is 0 Å². The molecular formula is C27H22F4N2O4. The lowest BCUT2D eigenvalue weighted by Crippen LogP contribution is -2.44. The lowest BCUT2D eigenvalue weighted by atomic mass is 10.00. The first kappa shape index (κ1) is 25.9. The van der Waals surface area contributed by atoms with E-state index in [0.717, 1.165) is 12.1 Å². The highest BCUT2D eigenvalue weighted by Gasteiger charge is 2.38. The van der Waals surface area contributed by atoms with Gasteiger partial charge in [0, 0.05) is 17.8 Å². The summed E-state index contributed by atoms with van der Waals surface area (Å²) in [6, 6.07) is 12.3. The van der Waals surface area contributed by atoms with Gasteiger partial charge in [0.1, 0.15) is 11.9 Å². The standard InChI is InChI=1S/C27H22F4N2O4/c1-14(2)23(26(36)37)33-13-17-4-3-16(11-21(17)25(33)35)15-5-8-19(9-6-15)32-24(34)20-10-7-18(28)12-22(20)27(29,30)31/h3-12,14,23H,13H2,1-2H3,(H,32,34)(H,36,37)/t23-/m0/s1. The van der Waals surface area contributed by atoms with Crippen molar-refractivity contribution >= 4 is 23.5 Å². The van der Waals surface area contributed by atoms with Crippen molar-refractivity contribution in [3.63, 3.8) is 0 Å². The van der Waals surface area contributed by atoms with E-state index in [-0.39, 0.29) is 30.1 Å². The van der Waals surface area contributed by atoms with Gasteiger partial charge in [-0.15, -0.1) is 0 Å². The Morgan fingerprint density at radius 2 is 1.62 bits per heavy atom. The predicted octanol–water partition coefficient (Wildman–Crippen LogP) is 5.83. The SMILES string of the molecule is CC(C)[C@@H](C(=O)O)N1Cc2ccc(-c3ccc(NC(=O)c4ccc(F)cc4C(F)(F)F)cc3)cc2C1=O. The van der Waals surface area contributed by atoms with Crippen molar-refractivity contribution in [2.45, 2.75) is 32.6 Å². The van der Waals surface area contributed by atoms with Crippen LogP contribution in [0.15, 0.2) is 60.7 Å². The number of aliphatic carboxylic acids is 1. The first-order valence-corrected chi connectivity index (χ1v) is 11.3. The molecule has 0 spiro atoms. The summed E-state index contributed by atoms with van der Waals surface area (Å²) in [4.78, 5) is 38.5. The summed E-state index contributed by atoms with van der Waals surface area (Å²) in [5.41, 5.74) is 0.587. The number of carboxylic acid groups (broad SMARTS) is 1. The molecule has 0 unspecified atom stereocenters. The summed E-state index contributed by atoms with van der Waals surface area (Å²) in [6.45, 7) is 3.67. The number of hydrogen-bond donors (Lipinski definition) is 2. The quantitative estimate of drug-likeness (QED) is 0.406. The number of benzene rings is 3. The van der Waals surface area contributed by atoms with Crippen LogP contribution in [0.1, 0.15) is 45.7 Å². The number of hydrogen-bond acceptors (Lipinski definition) is 3. The zero-order chi connectivity index (χ0) is 27.1. The molecule has 3 aromatic rings. The largest absolute Gasteiger partial charge is 0.480 e. The second kappa shape index (κ2) is 9.68. The van der Waals surface area contributed by atoms with E-state index in [0.29, 0.717) is 22.3 Å². The van der Waals surface area contributed by atoms with Gasteiger partial charge in [-0.05, 0) is 59.0 Å². The van der Waals surface area contributed by atoms with Gasteiger partial charge in [-0.1, -0.05) is 38.1 Å². The van der Waals surface area contributed by atoms with Crippen LogP contribution in [-0.2, 0) is 17.5 Å². The summed E-state index contributed by atoms with van der Waals surface area (Å²) in [7, 11) is 0. The molecule has 192 valence electrons. The van der Waals surface area contributed by atoms with Crippen LogP contribution in [0.3, 0.4) is 0 Å². The highest BCUT2D eigenvalue weighted by atomic mass is 19.4. The van der Waals surface area contributed by atoms with Crippen LogP contribution in [0.25, 0.3) is 11.1 Å². The normalized spacial score (nSPS) is 14.0. The van der Waals surface area contributed by atoms with E-state index in [1.807, 2.05) is 0 Å². The number of halogens is 4. The van der Waals surface area contributed by atoms with E-state index >= 15 is 0 Å². The highest BCUT2D eigenvalue weighted by Crippen LogP contribution is 2.34. The fourth-order valence-corrected chi connectivity index (χ4v) is 4.40. The van der Waals surface area contributed by atoms with Crippen molar-refractivity contribution in [2.24, 2.45) is 5.92 Å². The Morgan fingerprint density at radius 1 is 0.973 bits per heavy atom. The number of nitrogens with zero attached hydrogens (tertiary/aromatic N) is 1. The van der Waals surface area contributed by atoms with E-state index < -0.39 is 41.0 Å². The van der Waals surface area contributed by atoms with Gasteiger partial charge in [-0.25, -0.2) is 9.18 Å². The molecule has 0 saturated heterocycles. The first-order valence-electron chi connectivity index (χ1n) is 11.3. The summed E-state index contributed by atoms with van der Waals surface area (Å²) >= 11 is 0. The molecule has 0 radical (unpaired) electrons. The van der Waals surface area contributed by atoms with Gasteiger partial charge in [0.05, 0.1) is 11.1 Å². The fourth-order valence-electron chi connectivity index (χ4n) is 4.40. The third kappa shape index (κ3) is 5.18. The Hall–Kier alpha value is -4.21. The maximum absolute atomic E-state index is 13.3. The minimum absolute atomic E-state index is 0.192. The number of amides is 2. The van der Waals surface area contributed by atoms with Crippen LogP contribution < -0.4 is 5.32 Å². The second-order valence-electron chi connectivity index (χ2n) is 9.05. The lowest BCUT2D eigenvalue weighted by molar-refractivity contribution is -0.144. The molecule has 2 amide bonds. The molecule has 1 aliphatic rings. The molecule has 0 aliphatic carbocycles. The summed E-state index contributed by atoms with van der Waals surface area (Å²) in [6.07, 6.45) is -4.90. The molecule has 0 bridgehead atoms.